The molecule has 0 aliphatic rings. The number of imidazole rings is 1. The first-order chi connectivity index (χ1) is 11.0. The van der Waals surface area contributed by atoms with Crippen LogP contribution in [0.5, 0.6) is 0 Å². The summed E-state index contributed by atoms with van der Waals surface area (Å²) in [6, 6.07) is 4.06. The fourth-order valence-electron chi connectivity index (χ4n) is 2.30. The van der Waals surface area contributed by atoms with Crippen LogP contribution >= 0.6 is 11.8 Å². The highest BCUT2D eigenvalue weighted by Gasteiger charge is 2.20. The Morgan fingerprint density at radius 3 is 2.78 bits per heavy atom. The lowest BCUT2D eigenvalue weighted by atomic mass is 9.94. The van der Waals surface area contributed by atoms with Crippen LogP contribution in [-0.4, -0.2) is 33.1 Å². The van der Waals surface area contributed by atoms with Crippen molar-refractivity contribution in [3.8, 4) is 0 Å². The van der Waals surface area contributed by atoms with Crippen molar-refractivity contribution in [2.75, 3.05) is 12.3 Å². The van der Waals surface area contributed by atoms with E-state index in [1.165, 1.54) is 5.56 Å². The van der Waals surface area contributed by atoms with Gasteiger partial charge in [-0.3, -0.25) is 4.79 Å². The van der Waals surface area contributed by atoms with Gasteiger partial charge in [-0.25, -0.2) is 4.98 Å². The van der Waals surface area contributed by atoms with E-state index in [-0.39, 0.29) is 11.4 Å². The minimum absolute atomic E-state index is 0.0336. The maximum Gasteiger partial charge on any atom is 0.230 e. The molecule has 2 aromatic rings. The lowest BCUT2D eigenvalue weighted by molar-refractivity contribution is -0.118. The van der Waals surface area contributed by atoms with Gasteiger partial charge >= 0.3 is 0 Å². The molecule has 0 radical (unpaired) electrons. The Labute approximate surface area is 142 Å². The second-order valence-electron chi connectivity index (χ2n) is 6.04. The molecule has 2 aromatic heterocycles. The maximum atomic E-state index is 11.9. The van der Waals surface area contributed by atoms with Gasteiger partial charge in [0.15, 0.2) is 0 Å². The van der Waals surface area contributed by atoms with E-state index in [0.29, 0.717) is 12.3 Å². The van der Waals surface area contributed by atoms with Crippen molar-refractivity contribution >= 4 is 23.3 Å². The van der Waals surface area contributed by atoms with Gasteiger partial charge < -0.3 is 15.5 Å². The van der Waals surface area contributed by atoms with E-state index in [0.717, 1.165) is 29.9 Å². The van der Waals surface area contributed by atoms with E-state index in [9.17, 15) is 4.79 Å². The van der Waals surface area contributed by atoms with Gasteiger partial charge in [-0.1, -0.05) is 19.9 Å². The second-order valence-corrected chi connectivity index (χ2v) is 7.03. The average Bonchev–Trinajstić information content (AvgIpc) is 2.94. The van der Waals surface area contributed by atoms with Gasteiger partial charge in [-0.05, 0) is 31.4 Å². The zero-order valence-corrected chi connectivity index (χ0v) is 14.9. The third-order valence-electron chi connectivity index (χ3n) is 4.18. The van der Waals surface area contributed by atoms with Gasteiger partial charge in [0.2, 0.25) is 5.91 Å². The minimum atomic E-state index is -0.292. The summed E-state index contributed by atoms with van der Waals surface area (Å²) in [4.78, 5) is 16.5. The quantitative estimate of drug-likeness (QED) is 0.778. The molecule has 0 bridgehead atoms. The van der Waals surface area contributed by atoms with E-state index in [1.807, 2.05) is 22.7 Å². The van der Waals surface area contributed by atoms with Crippen molar-refractivity contribution in [2.45, 2.75) is 44.9 Å². The number of nitrogens with two attached hydrogens (primary N) is 1. The summed E-state index contributed by atoms with van der Waals surface area (Å²) in [5.41, 5.74) is 9.02. The molecule has 0 aliphatic heterocycles. The number of nitrogens with one attached hydrogen (secondary N) is 1. The maximum absolute atomic E-state index is 11.9. The van der Waals surface area contributed by atoms with E-state index in [4.69, 9.17) is 5.73 Å². The molecular weight excluding hydrogens is 308 g/mol. The number of nitrogens with zero attached hydrogens (tertiary/aromatic N) is 2. The van der Waals surface area contributed by atoms with Crippen molar-refractivity contribution in [1.82, 2.24) is 14.7 Å². The van der Waals surface area contributed by atoms with Crippen LogP contribution in [0.25, 0.3) is 5.65 Å². The van der Waals surface area contributed by atoms with Crippen LogP contribution in [-0.2, 0) is 10.5 Å². The Hall–Kier alpha value is -1.53. The van der Waals surface area contributed by atoms with Crippen LogP contribution in [0.3, 0.4) is 0 Å². The molecule has 0 aromatic carbocycles. The molecule has 1 amide bonds. The zero-order chi connectivity index (χ0) is 16.9. The molecule has 0 saturated heterocycles. The van der Waals surface area contributed by atoms with Crippen molar-refractivity contribution in [1.29, 1.82) is 0 Å². The van der Waals surface area contributed by atoms with E-state index >= 15 is 0 Å². The van der Waals surface area contributed by atoms with Crippen LogP contribution in [0.2, 0.25) is 0 Å². The Bertz CT molecular complexity index is 664. The number of aromatic nitrogens is 2. The second kappa shape index (κ2) is 7.84. The monoisotopic (exact) mass is 334 g/mol. The van der Waals surface area contributed by atoms with Crippen molar-refractivity contribution in [3.63, 3.8) is 0 Å². The lowest BCUT2D eigenvalue weighted by Gasteiger charge is -2.26. The summed E-state index contributed by atoms with van der Waals surface area (Å²) in [6.45, 7) is 6.69. The number of fused-ring (bicyclic) bond motifs is 1. The van der Waals surface area contributed by atoms with Crippen LogP contribution < -0.4 is 11.1 Å². The fraction of sp³-hybridized carbons (Fsp3) is 0.529. The summed E-state index contributed by atoms with van der Waals surface area (Å²) in [5.74, 6) is 1.19. The molecule has 23 heavy (non-hydrogen) atoms. The van der Waals surface area contributed by atoms with Crippen LogP contribution in [0.15, 0.2) is 24.5 Å². The summed E-state index contributed by atoms with van der Waals surface area (Å²) in [7, 11) is 0. The van der Waals surface area contributed by atoms with E-state index < -0.39 is 0 Å². The third kappa shape index (κ3) is 4.97. The summed E-state index contributed by atoms with van der Waals surface area (Å²) < 4.78 is 2.02. The van der Waals surface area contributed by atoms with Crippen LogP contribution in [0, 0.1) is 6.92 Å². The number of amides is 1. The first-order valence-corrected chi connectivity index (χ1v) is 9.19. The first-order valence-electron chi connectivity index (χ1n) is 8.03. The number of pyridine rings is 1. The topological polar surface area (TPSA) is 72.4 Å². The molecular formula is C17H26N4OS. The van der Waals surface area contributed by atoms with Gasteiger partial charge in [0.05, 0.1) is 11.4 Å². The van der Waals surface area contributed by atoms with Crippen molar-refractivity contribution in [2.24, 2.45) is 5.73 Å². The molecule has 3 N–H and O–H groups in total. The number of aryl methyl sites for hydroxylation is 1. The van der Waals surface area contributed by atoms with Gasteiger partial charge in [0, 0.05) is 30.2 Å². The van der Waals surface area contributed by atoms with Gasteiger partial charge in [0.25, 0.3) is 0 Å². The molecule has 0 unspecified atom stereocenters. The smallest absolute Gasteiger partial charge is 0.230 e. The molecule has 5 nitrogen and oxygen atoms in total. The number of hydrogen-bond acceptors (Lipinski definition) is 4. The minimum Gasteiger partial charge on any atom is -0.354 e. The molecule has 0 fully saturated rings. The normalized spacial score (nSPS) is 11.8. The summed E-state index contributed by atoms with van der Waals surface area (Å²) >= 11 is 1.57. The van der Waals surface area contributed by atoms with E-state index in [1.54, 1.807) is 11.8 Å². The zero-order valence-electron chi connectivity index (χ0n) is 14.1. The lowest BCUT2D eigenvalue weighted by Crippen LogP contribution is -2.49. The highest BCUT2D eigenvalue weighted by atomic mass is 32.2. The van der Waals surface area contributed by atoms with Crippen molar-refractivity contribution in [3.05, 3.63) is 35.8 Å². The fourth-order valence-corrected chi connectivity index (χ4v) is 3.04. The van der Waals surface area contributed by atoms with Crippen LogP contribution in [0.4, 0.5) is 0 Å². The third-order valence-corrected chi connectivity index (χ3v) is 5.14. The van der Waals surface area contributed by atoms with Crippen LogP contribution in [0.1, 0.15) is 37.9 Å². The standard InChI is InChI=1S/C17H26N4OS/c1-4-17(18,5-2)12-19-16(22)11-23-10-14-9-21-8-13(3)6-7-15(21)20-14/h6-9H,4-5,10-12,18H2,1-3H3,(H,19,22). The number of rotatable bonds is 8. The Kier molecular flexibility index (Phi) is 6.07. The predicted molar refractivity (Wildman–Crippen MR) is 96.6 cm³/mol. The van der Waals surface area contributed by atoms with Gasteiger partial charge in [0.1, 0.15) is 5.65 Å². The molecule has 126 valence electrons. The Morgan fingerprint density at radius 2 is 2.09 bits per heavy atom. The number of hydrogen-bond donors (Lipinski definition) is 2. The Balaban J connectivity index is 1.78. The SMILES string of the molecule is CCC(N)(CC)CNC(=O)CSCc1cn2cc(C)ccc2n1. The molecule has 2 heterocycles. The molecule has 0 saturated carbocycles. The molecule has 6 heteroatoms. The molecule has 0 atom stereocenters. The highest BCUT2D eigenvalue weighted by Crippen LogP contribution is 2.14. The predicted octanol–water partition coefficient (Wildman–Crippen LogP) is 2.51. The van der Waals surface area contributed by atoms with Gasteiger partial charge in [-0.2, -0.15) is 0 Å². The molecule has 0 spiro atoms. The highest BCUT2D eigenvalue weighted by molar-refractivity contribution is 7.99. The molecule has 2 rings (SSSR count). The number of carbonyl (C=O) groups is 1. The number of thioether (sulfide) groups is 1. The average molecular weight is 334 g/mol. The first kappa shape index (κ1) is 17.8. The summed E-state index contributed by atoms with van der Waals surface area (Å²) in [6.07, 6.45) is 5.79. The number of carbonyl (C=O) groups excluding carboxylic acids is 1. The van der Waals surface area contributed by atoms with E-state index in [2.05, 4.69) is 37.3 Å². The largest absolute Gasteiger partial charge is 0.354 e. The molecule has 0 aliphatic carbocycles. The Morgan fingerprint density at radius 1 is 1.35 bits per heavy atom. The van der Waals surface area contributed by atoms with Gasteiger partial charge in [-0.15, -0.1) is 11.8 Å². The summed E-state index contributed by atoms with van der Waals surface area (Å²) in [5, 5.41) is 2.94. The van der Waals surface area contributed by atoms with Crippen molar-refractivity contribution < 1.29 is 4.79 Å².